The van der Waals surface area contributed by atoms with E-state index in [4.69, 9.17) is 0 Å². The lowest BCUT2D eigenvalue weighted by atomic mass is 9.92. The van der Waals surface area contributed by atoms with Crippen molar-refractivity contribution in [1.82, 2.24) is 5.32 Å². The van der Waals surface area contributed by atoms with Crippen molar-refractivity contribution in [2.75, 3.05) is 11.9 Å². The Hall–Kier alpha value is -2.29. The zero-order chi connectivity index (χ0) is 21.4. The first-order valence-corrected chi connectivity index (χ1v) is 11.1. The predicted molar refractivity (Wildman–Crippen MR) is 125 cm³/mol. The first-order valence-electron chi connectivity index (χ1n) is 11.1. The molecule has 0 bridgehead atoms. The highest BCUT2D eigenvalue weighted by atomic mass is 16.2. The van der Waals surface area contributed by atoms with E-state index >= 15 is 0 Å². The quantitative estimate of drug-likeness (QED) is 0.459. The van der Waals surface area contributed by atoms with Crippen molar-refractivity contribution < 1.29 is 4.79 Å². The summed E-state index contributed by atoms with van der Waals surface area (Å²) in [6, 6.07) is 14.9. The van der Waals surface area contributed by atoms with Crippen molar-refractivity contribution in [3.63, 3.8) is 0 Å². The number of carbonyl (C=O) groups excluding carboxylic acids is 1. The summed E-state index contributed by atoms with van der Waals surface area (Å²) in [6.07, 6.45) is 3.41. The lowest BCUT2D eigenvalue weighted by Gasteiger charge is -2.22. The summed E-state index contributed by atoms with van der Waals surface area (Å²) in [4.78, 5) is 12.8. The van der Waals surface area contributed by atoms with Crippen LogP contribution in [0, 0.1) is 6.92 Å². The van der Waals surface area contributed by atoms with E-state index in [-0.39, 0.29) is 6.03 Å². The molecule has 0 radical (unpaired) electrons. The molecule has 29 heavy (non-hydrogen) atoms. The minimum Gasteiger partial charge on any atom is -0.337 e. The van der Waals surface area contributed by atoms with E-state index in [9.17, 15) is 4.79 Å². The second-order valence-electron chi connectivity index (χ2n) is 8.71. The highest BCUT2D eigenvalue weighted by Crippen LogP contribution is 2.32. The molecular formula is C26H38N2O. The van der Waals surface area contributed by atoms with Crippen LogP contribution in [0.1, 0.15) is 93.9 Å². The Labute approximate surface area is 177 Å². The van der Waals surface area contributed by atoms with E-state index in [0.717, 1.165) is 24.9 Å². The van der Waals surface area contributed by atoms with E-state index in [2.05, 4.69) is 94.6 Å². The van der Waals surface area contributed by atoms with Crippen LogP contribution >= 0.6 is 0 Å². The van der Waals surface area contributed by atoms with E-state index in [1.165, 1.54) is 22.3 Å². The molecule has 0 aliphatic rings. The summed E-state index contributed by atoms with van der Waals surface area (Å²) in [7, 11) is 0. The summed E-state index contributed by atoms with van der Waals surface area (Å²) in [5, 5.41) is 6.31. The van der Waals surface area contributed by atoms with Crippen LogP contribution in [0.4, 0.5) is 10.5 Å². The predicted octanol–water partition coefficient (Wildman–Crippen LogP) is 7.34. The van der Waals surface area contributed by atoms with Gasteiger partial charge in [-0.1, -0.05) is 95.5 Å². The van der Waals surface area contributed by atoms with Gasteiger partial charge in [0.15, 0.2) is 0 Å². The molecule has 0 spiro atoms. The number of carbonyl (C=O) groups is 1. The number of urea groups is 1. The number of para-hydroxylation sites is 1. The van der Waals surface area contributed by atoms with Crippen molar-refractivity contribution in [2.24, 2.45) is 0 Å². The van der Waals surface area contributed by atoms with Gasteiger partial charge in [-0.05, 0) is 41.9 Å². The third-order valence-corrected chi connectivity index (χ3v) is 5.54. The first-order chi connectivity index (χ1) is 13.8. The second kappa shape index (κ2) is 11.0. The average molecular weight is 395 g/mol. The van der Waals surface area contributed by atoms with Crippen molar-refractivity contribution in [3.8, 4) is 0 Å². The van der Waals surface area contributed by atoms with Gasteiger partial charge in [-0.15, -0.1) is 0 Å². The monoisotopic (exact) mass is 394 g/mol. The van der Waals surface area contributed by atoms with Crippen LogP contribution < -0.4 is 10.6 Å². The van der Waals surface area contributed by atoms with Crippen molar-refractivity contribution >= 4 is 11.7 Å². The zero-order valence-electron chi connectivity index (χ0n) is 19.0. The molecular weight excluding hydrogens is 356 g/mol. The molecule has 0 fully saturated rings. The van der Waals surface area contributed by atoms with Crippen molar-refractivity contribution in [2.45, 2.75) is 78.6 Å². The number of benzene rings is 2. The van der Waals surface area contributed by atoms with Crippen LogP contribution in [-0.4, -0.2) is 12.6 Å². The van der Waals surface area contributed by atoms with E-state index in [0.29, 0.717) is 24.3 Å². The maximum Gasteiger partial charge on any atom is 0.319 e. The lowest BCUT2D eigenvalue weighted by Crippen LogP contribution is -2.33. The fourth-order valence-electron chi connectivity index (χ4n) is 3.83. The molecule has 0 saturated heterocycles. The van der Waals surface area contributed by atoms with Gasteiger partial charge in [-0.3, -0.25) is 0 Å². The molecule has 0 heterocycles. The van der Waals surface area contributed by atoms with Crippen LogP contribution in [0.25, 0.3) is 0 Å². The molecule has 2 N–H and O–H groups in total. The van der Waals surface area contributed by atoms with Gasteiger partial charge in [0, 0.05) is 18.2 Å². The van der Waals surface area contributed by atoms with Crippen LogP contribution in [0.3, 0.4) is 0 Å². The number of anilines is 1. The number of nitrogens with one attached hydrogen (secondary N) is 2. The normalized spacial score (nSPS) is 12.3. The Balaban J connectivity index is 2.13. The van der Waals surface area contributed by atoms with Crippen LogP contribution in [0.15, 0.2) is 42.5 Å². The molecule has 0 aromatic heterocycles. The van der Waals surface area contributed by atoms with Gasteiger partial charge in [0.25, 0.3) is 0 Å². The fraction of sp³-hybridized carbons (Fsp3) is 0.500. The zero-order valence-corrected chi connectivity index (χ0v) is 19.0. The molecule has 2 aromatic rings. The largest absolute Gasteiger partial charge is 0.337 e. The lowest BCUT2D eigenvalue weighted by molar-refractivity contribution is 0.251. The second-order valence-corrected chi connectivity index (χ2v) is 8.71. The van der Waals surface area contributed by atoms with E-state index in [1.54, 1.807) is 0 Å². The Bertz CT molecular complexity index is 769. The van der Waals surface area contributed by atoms with Gasteiger partial charge in [0.1, 0.15) is 0 Å². The summed E-state index contributed by atoms with van der Waals surface area (Å²) in [5.74, 6) is 1.05. The summed E-state index contributed by atoms with van der Waals surface area (Å²) < 4.78 is 0. The Kier molecular flexibility index (Phi) is 8.75. The molecule has 0 aliphatic heterocycles. The Morgan fingerprint density at radius 2 is 1.59 bits per heavy atom. The SMILES string of the molecule is CCCCC(CNC(=O)Nc1c(C(C)C)cccc1C(C)C)c1cccc(C)c1. The smallest absolute Gasteiger partial charge is 0.319 e. The molecule has 3 heteroatoms. The first kappa shape index (κ1) is 23.0. The number of amides is 2. The molecule has 1 atom stereocenters. The molecule has 0 saturated carbocycles. The maximum atomic E-state index is 12.8. The van der Waals surface area contributed by atoms with Gasteiger partial charge in [-0.25, -0.2) is 4.79 Å². The highest BCUT2D eigenvalue weighted by molar-refractivity contribution is 5.91. The van der Waals surface area contributed by atoms with Gasteiger partial charge >= 0.3 is 6.03 Å². The molecule has 2 amide bonds. The Morgan fingerprint density at radius 1 is 0.966 bits per heavy atom. The third kappa shape index (κ3) is 6.62. The summed E-state index contributed by atoms with van der Waals surface area (Å²) >= 11 is 0. The number of hydrogen-bond donors (Lipinski definition) is 2. The van der Waals surface area contributed by atoms with Crippen LogP contribution in [-0.2, 0) is 0 Å². The fourth-order valence-corrected chi connectivity index (χ4v) is 3.83. The number of rotatable bonds is 9. The minimum atomic E-state index is -0.117. The van der Waals surface area contributed by atoms with Crippen molar-refractivity contribution in [3.05, 3.63) is 64.7 Å². The number of unbranched alkanes of at least 4 members (excludes halogenated alkanes) is 1. The number of hydrogen-bond acceptors (Lipinski definition) is 1. The molecule has 1 unspecified atom stereocenters. The van der Waals surface area contributed by atoms with Gasteiger partial charge in [0.05, 0.1) is 0 Å². The molecule has 3 nitrogen and oxygen atoms in total. The van der Waals surface area contributed by atoms with Crippen LogP contribution in [0.2, 0.25) is 0 Å². The topological polar surface area (TPSA) is 41.1 Å². The van der Waals surface area contributed by atoms with Crippen LogP contribution in [0.5, 0.6) is 0 Å². The maximum absolute atomic E-state index is 12.8. The van der Waals surface area contributed by atoms with E-state index in [1.807, 2.05) is 0 Å². The molecule has 0 aliphatic carbocycles. The Morgan fingerprint density at radius 3 is 2.14 bits per heavy atom. The molecule has 2 rings (SSSR count). The summed E-state index contributed by atoms with van der Waals surface area (Å²) in [5.41, 5.74) is 5.92. The minimum absolute atomic E-state index is 0.117. The van der Waals surface area contributed by atoms with Gasteiger partial charge < -0.3 is 10.6 Å². The molecule has 158 valence electrons. The average Bonchev–Trinajstić information content (AvgIpc) is 2.67. The van der Waals surface area contributed by atoms with E-state index < -0.39 is 0 Å². The van der Waals surface area contributed by atoms with Gasteiger partial charge in [0.2, 0.25) is 0 Å². The molecule has 2 aromatic carbocycles. The highest BCUT2D eigenvalue weighted by Gasteiger charge is 2.17. The van der Waals surface area contributed by atoms with Crippen molar-refractivity contribution in [1.29, 1.82) is 0 Å². The summed E-state index contributed by atoms with van der Waals surface area (Å²) in [6.45, 7) is 13.7. The third-order valence-electron chi connectivity index (χ3n) is 5.54. The number of aryl methyl sites for hydroxylation is 1. The van der Waals surface area contributed by atoms with Gasteiger partial charge in [-0.2, -0.15) is 0 Å². The standard InChI is InChI=1S/C26H38N2O/c1-7-8-12-22(21-13-9-11-20(6)16-21)17-27-26(29)28-25-23(18(2)3)14-10-15-24(25)19(4)5/h9-11,13-16,18-19,22H,7-8,12,17H2,1-6H3,(H2,27,28,29).